The van der Waals surface area contributed by atoms with Crippen LogP contribution in [0.15, 0.2) is 74.6 Å². The Hall–Kier alpha value is -3.34. The Morgan fingerprint density at radius 1 is 0.857 bits per heavy atom. The highest BCUT2D eigenvalue weighted by Crippen LogP contribution is 2.45. The summed E-state index contributed by atoms with van der Waals surface area (Å²) in [5.74, 6) is -0.170. The Bertz CT molecular complexity index is 1450. The third kappa shape index (κ3) is 5.34. The predicted octanol–water partition coefficient (Wildman–Crippen LogP) is 7.19. The second-order valence-electron chi connectivity index (χ2n) is 7.02. The van der Waals surface area contributed by atoms with Crippen LogP contribution in [-0.2, 0) is 18.7 Å². The largest absolute Gasteiger partial charge is 0.505 e. The van der Waals surface area contributed by atoms with Crippen molar-refractivity contribution in [3.8, 4) is 5.75 Å². The summed E-state index contributed by atoms with van der Waals surface area (Å²) in [7, 11) is 0. The number of nitro groups is 1. The van der Waals surface area contributed by atoms with Crippen LogP contribution in [0.3, 0.4) is 0 Å². The Morgan fingerprint density at radius 2 is 1.57 bits per heavy atom. The molecule has 0 spiro atoms. The summed E-state index contributed by atoms with van der Waals surface area (Å²) in [6.45, 7) is 1.90. The van der Waals surface area contributed by atoms with E-state index in [4.69, 9.17) is 10.5 Å². The summed E-state index contributed by atoms with van der Waals surface area (Å²) in [4.78, 5) is 11.4. The van der Waals surface area contributed by atoms with E-state index >= 15 is 0 Å². The number of benzene rings is 4. The molecule has 0 atom stereocenters. The summed E-state index contributed by atoms with van der Waals surface area (Å²) >= 11 is 1.26. The predicted molar refractivity (Wildman–Crippen MR) is 126 cm³/mol. The minimum absolute atomic E-state index is 0.0499. The van der Waals surface area contributed by atoms with Gasteiger partial charge in [-0.15, -0.1) is 18.9 Å². The third-order valence-corrected chi connectivity index (χ3v) is 6.20. The van der Waals surface area contributed by atoms with E-state index < -0.39 is 4.92 Å². The van der Waals surface area contributed by atoms with Gasteiger partial charge in [0, 0.05) is 33.2 Å². The fourth-order valence-electron chi connectivity index (χ4n) is 3.41. The molecule has 0 saturated carbocycles. The quantitative estimate of drug-likeness (QED) is 0.0676. The second kappa shape index (κ2) is 10.9. The molecule has 0 radical (unpaired) electrons. The summed E-state index contributed by atoms with van der Waals surface area (Å²) < 4.78 is 9.03. The number of hydrogen-bond acceptors (Lipinski definition) is 13. The number of rotatable bonds is 9. The molecular weight excluding hydrogens is 502 g/mol. The van der Waals surface area contributed by atoms with Crippen molar-refractivity contribution in [3.05, 3.63) is 70.3 Å². The summed E-state index contributed by atoms with van der Waals surface area (Å²) in [5.41, 5.74) is 1.17. The van der Waals surface area contributed by atoms with E-state index in [2.05, 4.69) is 29.0 Å². The van der Waals surface area contributed by atoms with Crippen LogP contribution in [0, 0.1) is 17.0 Å². The summed E-state index contributed by atoms with van der Waals surface area (Å²) in [6.07, 6.45) is 0. The first kappa shape index (κ1) is 24.8. The summed E-state index contributed by atoms with van der Waals surface area (Å²) in [6, 6.07) is 14.4. The van der Waals surface area contributed by atoms with Crippen molar-refractivity contribution < 1.29 is 39.3 Å². The maximum atomic E-state index is 11.2. The molecule has 0 aliphatic heterocycles. The van der Waals surface area contributed by atoms with Crippen LogP contribution in [-0.4, -0.2) is 20.5 Å². The van der Waals surface area contributed by atoms with E-state index in [-0.39, 0.29) is 17.1 Å². The zero-order valence-corrected chi connectivity index (χ0v) is 19.3. The van der Waals surface area contributed by atoms with Crippen molar-refractivity contribution in [3.63, 3.8) is 0 Å². The number of non-ortho nitro benzene ring substituents is 1. The van der Waals surface area contributed by atoms with Gasteiger partial charge >= 0.3 is 0 Å². The van der Waals surface area contributed by atoms with Crippen LogP contribution in [0.4, 0.5) is 17.1 Å². The van der Waals surface area contributed by atoms with E-state index in [1.54, 1.807) is 24.3 Å². The van der Waals surface area contributed by atoms with Crippen LogP contribution in [0.1, 0.15) is 5.56 Å². The summed E-state index contributed by atoms with van der Waals surface area (Å²) in [5, 5.41) is 57.0. The first-order valence-electron chi connectivity index (χ1n) is 9.61. The number of fused-ring (bicyclic) bond motifs is 2. The molecule has 0 fully saturated rings. The molecule has 0 aliphatic carbocycles. The molecule has 4 aromatic carbocycles. The minimum atomic E-state index is -0.549. The molecule has 4 rings (SSSR count). The molecule has 14 heteroatoms. The fraction of sp³-hybridized carbons (Fsp3) is 0.0476. The molecule has 3 N–H and O–H groups in total. The van der Waals surface area contributed by atoms with Gasteiger partial charge in [0.2, 0.25) is 0 Å². The van der Waals surface area contributed by atoms with Gasteiger partial charge in [0.25, 0.3) is 5.69 Å². The van der Waals surface area contributed by atoms with E-state index in [1.165, 1.54) is 18.2 Å². The van der Waals surface area contributed by atoms with Crippen molar-refractivity contribution in [2.24, 2.45) is 10.2 Å². The second-order valence-corrected chi connectivity index (χ2v) is 8.50. The van der Waals surface area contributed by atoms with E-state index in [0.717, 1.165) is 5.56 Å². The van der Waals surface area contributed by atoms with Gasteiger partial charge in [-0.3, -0.25) is 10.1 Å². The number of nitrogens with zero attached hydrogens (tertiary/aromatic N) is 3. The third-order valence-electron chi connectivity index (χ3n) is 4.92. The molecule has 0 unspecified atom stereocenters. The van der Waals surface area contributed by atoms with Crippen LogP contribution < -0.4 is 0 Å². The van der Waals surface area contributed by atoms with Crippen molar-refractivity contribution in [2.45, 2.75) is 16.7 Å². The lowest BCUT2D eigenvalue weighted by Gasteiger charge is -2.10. The maximum Gasteiger partial charge on any atom is 0.270 e. The molecule has 0 heterocycles. The SMILES string of the molecule is Cc1ccc2c(O)c(N=Nc3ccc(SOOO)c4cc([N+](=O)[O-])ccc34)c(SOOO)cc2c1. The standard InChI is InChI=1S/C21H15N3O9S2/c1-11-2-4-14-12(8-11)9-19(35-33-31-29)20(21(14)25)23-22-17-6-7-18(34-32-30-28)16-10-13(24(26)27)3-5-15(16)17/h2-10,25,28-29H,1H3. The zero-order chi connectivity index (χ0) is 24.9. The highest BCUT2D eigenvalue weighted by Gasteiger charge is 2.17. The number of hydrogen-bond donors (Lipinski definition) is 3. The molecule has 0 saturated heterocycles. The zero-order valence-electron chi connectivity index (χ0n) is 17.6. The van der Waals surface area contributed by atoms with Crippen LogP contribution >= 0.6 is 24.1 Å². The molecule has 35 heavy (non-hydrogen) atoms. The van der Waals surface area contributed by atoms with Gasteiger partial charge in [-0.2, -0.15) is 0 Å². The highest BCUT2D eigenvalue weighted by atomic mass is 32.2. The van der Waals surface area contributed by atoms with Crippen molar-refractivity contribution in [1.29, 1.82) is 0 Å². The fourth-order valence-corrected chi connectivity index (χ4v) is 4.39. The smallest absolute Gasteiger partial charge is 0.270 e. The first-order chi connectivity index (χ1) is 16.9. The van der Waals surface area contributed by atoms with E-state index in [9.17, 15) is 15.2 Å². The Labute approximate surface area is 205 Å². The minimum Gasteiger partial charge on any atom is -0.505 e. The highest BCUT2D eigenvalue weighted by molar-refractivity contribution is 7.95. The average Bonchev–Trinajstić information content (AvgIpc) is 2.85. The number of phenolic OH excluding ortho intramolecular Hbond substituents is 1. The van der Waals surface area contributed by atoms with Gasteiger partial charge in [-0.05, 0) is 36.6 Å². The number of aromatic hydroxyl groups is 1. The number of aryl methyl sites for hydroxylation is 1. The topological polar surface area (TPSA) is 165 Å². The van der Waals surface area contributed by atoms with Gasteiger partial charge in [-0.1, -0.05) is 33.8 Å². The molecule has 0 aliphatic rings. The normalized spacial score (nSPS) is 11.6. The molecular formula is C21H15N3O9S2. The van der Waals surface area contributed by atoms with Gasteiger partial charge in [0.1, 0.15) is 5.69 Å². The van der Waals surface area contributed by atoms with Crippen LogP contribution in [0.2, 0.25) is 0 Å². The van der Waals surface area contributed by atoms with Crippen molar-refractivity contribution in [1.82, 2.24) is 0 Å². The van der Waals surface area contributed by atoms with Gasteiger partial charge in [-0.25, -0.2) is 10.5 Å². The molecule has 0 aromatic heterocycles. The Kier molecular flexibility index (Phi) is 7.74. The van der Waals surface area contributed by atoms with E-state index in [0.29, 0.717) is 61.1 Å². The van der Waals surface area contributed by atoms with Crippen molar-refractivity contribution in [2.75, 3.05) is 0 Å². The monoisotopic (exact) mass is 517 g/mol. The number of nitro benzene ring substituents is 1. The van der Waals surface area contributed by atoms with E-state index in [1.807, 2.05) is 19.1 Å². The molecule has 4 aromatic rings. The molecule has 12 nitrogen and oxygen atoms in total. The molecule has 0 bridgehead atoms. The van der Waals surface area contributed by atoms with Crippen molar-refractivity contribution >= 4 is 62.7 Å². The Morgan fingerprint density at radius 3 is 2.29 bits per heavy atom. The first-order valence-corrected chi connectivity index (χ1v) is 11.1. The maximum absolute atomic E-state index is 11.2. The Balaban J connectivity index is 1.84. The van der Waals surface area contributed by atoms with Crippen LogP contribution in [0.5, 0.6) is 5.75 Å². The molecule has 0 amide bonds. The lowest BCUT2D eigenvalue weighted by atomic mass is 10.1. The van der Waals surface area contributed by atoms with Gasteiger partial charge in [0.05, 0.1) is 39.6 Å². The molecule has 180 valence electrons. The van der Waals surface area contributed by atoms with Gasteiger partial charge in [0.15, 0.2) is 5.75 Å². The average molecular weight is 517 g/mol. The lowest BCUT2D eigenvalue weighted by molar-refractivity contribution is -0.432. The van der Waals surface area contributed by atoms with Crippen LogP contribution in [0.25, 0.3) is 21.5 Å². The number of azo groups is 1. The van der Waals surface area contributed by atoms with Gasteiger partial charge < -0.3 is 5.11 Å². The number of phenols is 1. The lowest BCUT2D eigenvalue weighted by Crippen LogP contribution is -1.89.